The van der Waals surface area contributed by atoms with Gasteiger partial charge in [-0.3, -0.25) is 9.59 Å². The number of carbonyl (C=O) groups is 2. The Bertz CT molecular complexity index is 523. The Hall–Kier alpha value is -1.78. The fraction of sp³-hybridized carbons (Fsp3) is 0.684. The molecule has 0 unspecified atom stereocenters. The van der Waals surface area contributed by atoms with Crippen LogP contribution < -0.4 is 5.32 Å². The highest BCUT2D eigenvalue weighted by atomic mass is 16.3. The van der Waals surface area contributed by atoms with Gasteiger partial charge in [0.1, 0.15) is 11.5 Å². The smallest absolute Gasteiger partial charge is 0.257 e. The van der Waals surface area contributed by atoms with Gasteiger partial charge >= 0.3 is 0 Å². The predicted molar refractivity (Wildman–Crippen MR) is 96.1 cm³/mol. The third-order valence-corrected chi connectivity index (χ3v) is 4.05. The maximum Gasteiger partial charge on any atom is 0.257 e. The second kappa shape index (κ2) is 10.9. The molecule has 136 valence electrons. The molecular formula is C19H32N2O3. The van der Waals surface area contributed by atoms with E-state index in [0.29, 0.717) is 37.4 Å². The van der Waals surface area contributed by atoms with E-state index >= 15 is 0 Å². The Kier molecular flexibility index (Phi) is 9.20. The molecule has 0 atom stereocenters. The first kappa shape index (κ1) is 20.3. The Labute approximate surface area is 145 Å². The van der Waals surface area contributed by atoms with Gasteiger partial charge in [0.25, 0.3) is 5.91 Å². The lowest BCUT2D eigenvalue weighted by Crippen LogP contribution is -2.36. The number of carbonyl (C=O) groups excluding carboxylic acids is 2. The molecular weight excluding hydrogens is 304 g/mol. The quantitative estimate of drug-likeness (QED) is 0.625. The van der Waals surface area contributed by atoms with Crippen molar-refractivity contribution in [3.63, 3.8) is 0 Å². The van der Waals surface area contributed by atoms with Crippen LogP contribution in [0.25, 0.3) is 0 Å². The molecule has 0 fully saturated rings. The number of aryl methyl sites for hydroxylation is 2. The van der Waals surface area contributed by atoms with Gasteiger partial charge < -0.3 is 14.6 Å². The first-order valence-corrected chi connectivity index (χ1v) is 9.12. The van der Waals surface area contributed by atoms with Crippen LogP contribution in [0.1, 0.15) is 74.3 Å². The van der Waals surface area contributed by atoms with Gasteiger partial charge in [-0.1, -0.05) is 33.1 Å². The molecule has 1 rings (SSSR count). The molecule has 5 nitrogen and oxygen atoms in total. The number of nitrogens with one attached hydrogen (secondary N) is 1. The first-order valence-electron chi connectivity index (χ1n) is 9.12. The lowest BCUT2D eigenvalue weighted by atomic mass is 10.2. The second-order valence-electron chi connectivity index (χ2n) is 6.28. The summed E-state index contributed by atoms with van der Waals surface area (Å²) in [6.45, 7) is 9.71. The van der Waals surface area contributed by atoms with E-state index in [2.05, 4.69) is 19.2 Å². The van der Waals surface area contributed by atoms with E-state index in [9.17, 15) is 9.59 Å². The number of amides is 2. The van der Waals surface area contributed by atoms with Gasteiger partial charge in [-0.25, -0.2) is 0 Å². The summed E-state index contributed by atoms with van der Waals surface area (Å²) in [5, 5.41) is 2.90. The average molecular weight is 336 g/mol. The van der Waals surface area contributed by atoms with Gasteiger partial charge in [0, 0.05) is 26.1 Å². The zero-order valence-electron chi connectivity index (χ0n) is 15.6. The van der Waals surface area contributed by atoms with Gasteiger partial charge in [0.2, 0.25) is 5.91 Å². The SMILES string of the molecule is CCCCCN(CCC(=O)NCCCC)C(=O)c1cc(C)oc1C. The van der Waals surface area contributed by atoms with Gasteiger partial charge in [-0.05, 0) is 32.8 Å². The van der Waals surface area contributed by atoms with Crippen LogP contribution in [0.2, 0.25) is 0 Å². The fourth-order valence-corrected chi connectivity index (χ4v) is 2.61. The van der Waals surface area contributed by atoms with Crippen molar-refractivity contribution in [3.05, 3.63) is 23.2 Å². The van der Waals surface area contributed by atoms with Crippen LogP contribution in [-0.2, 0) is 4.79 Å². The minimum Gasteiger partial charge on any atom is -0.466 e. The minimum atomic E-state index is -0.0400. The Morgan fingerprint density at radius 1 is 1.08 bits per heavy atom. The van der Waals surface area contributed by atoms with Crippen LogP contribution in [0.3, 0.4) is 0 Å². The topological polar surface area (TPSA) is 62.6 Å². The molecule has 0 saturated carbocycles. The zero-order chi connectivity index (χ0) is 17.9. The largest absolute Gasteiger partial charge is 0.466 e. The molecule has 1 aromatic heterocycles. The summed E-state index contributed by atoms with van der Waals surface area (Å²) in [6.07, 6.45) is 5.52. The third kappa shape index (κ3) is 6.77. The van der Waals surface area contributed by atoms with Crippen molar-refractivity contribution in [2.75, 3.05) is 19.6 Å². The van der Waals surface area contributed by atoms with Crippen LogP contribution >= 0.6 is 0 Å². The van der Waals surface area contributed by atoms with E-state index in [1.807, 2.05) is 13.8 Å². The summed E-state index contributed by atoms with van der Waals surface area (Å²) >= 11 is 0. The Balaban J connectivity index is 2.64. The summed E-state index contributed by atoms with van der Waals surface area (Å²) in [4.78, 5) is 26.5. The van der Waals surface area contributed by atoms with Crippen molar-refractivity contribution in [2.24, 2.45) is 0 Å². The molecule has 0 radical (unpaired) electrons. The summed E-state index contributed by atoms with van der Waals surface area (Å²) in [6, 6.07) is 1.78. The van der Waals surface area contributed by atoms with Crippen molar-refractivity contribution in [1.29, 1.82) is 0 Å². The highest BCUT2D eigenvalue weighted by Gasteiger charge is 2.20. The highest BCUT2D eigenvalue weighted by Crippen LogP contribution is 2.17. The normalized spacial score (nSPS) is 10.7. The van der Waals surface area contributed by atoms with Crippen molar-refractivity contribution in [1.82, 2.24) is 10.2 Å². The maximum absolute atomic E-state index is 12.8. The Morgan fingerprint density at radius 2 is 1.79 bits per heavy atom. The lowest BCUT2D eigenvalue weighted by Gasteiger charge is -2.22. The zero-order valence-corrected chi connectivity index (χ0v) is 15.6. The molecule has 0 aromatic carbocycles. The molecule has 1 aromatic rings. The van der Waals surface area contributed by atoms with E-state index in [1.54, 1.807) is 11.0 Å². The van der Waals surface area contributed by atoms with E-state index in [-0.39, 0.29) is 11.8 Å². The molecule has 0 aliphatic carbocycles. The average Bonchev–Trinajstić information content (AvgIpc) is 2.89. The number of hydrogen-bond donors (Lipinski definition) is 1. The molecule has 0 aliphatic heterocycles. The molecule has 0 bridgehead atoms. The summed E-state index contributed by atoms with van der Waals surface area (Å²) in [5.41, 5.74) is 0.607. The fourth-order valence-electron chi connectivity index (χ4n) is 2.61. The number of rotatable bonds is 11. The van der Waals surface area contributed by atoms with Crippen molar-refractivity contribution in [2.45, 2.75) is 66.2 Å². The van der Waals surface area contributed by atoms with Crippen LogP contribution in [0.5, 0.6) is 0 Å². The highest BCUT2D eigenvalue weighted by molar-refractivity contribution is 5.95. The molecule has 24 heavy (non-hydrogen) atoms. The van der Waals surface area contributed by atoms with Crippen molar-refractivity contribution in [3.8, 4) is 0 Å². The number of hydrogen-bond acceptors (Lipinski definition) is 3. The van der Waals surface area contributed by atoms with Crippen molar-refractivity contribution < 1.29 is 14.0 Å². The predicted octanol–water partition coefficient (Wildman–Crippen LogP) is 3.84. The van der Waals surface area contributed by atoms with E-state index in [1.165, 1.54) is 0 Å². The molecule has 0 saturated heterocycles. The van der Waals surface area contributed by atoms with Crippen LogP contribution in [-0.4, -0.2) is 36.3 Å². The third-order valence-electron chi connectivity index (χ3n) is 4.05. The van der Waals surface area contributed by atoms with E-state index < -0.39 is 0 Å². The van der Waals surface area contributed by atoms with Gasteiger partial charge in [-0.2, -0.15) is 0 Å². The summed E-state index contributed by atoms with van der Waals surface area (Å²) in [7, 11) is 0. The minimum absolute atomic E-state index is 0.0110. The van der Waals surface area contributed by atoms with Gasteiger partial charge in [0.15, 0.2) is 0 Å². The van der Waals surface area contributed by atoms with Gasteiger partial charge in [0.05, 0.1) is 5.56 Å². The molecule has 2 amide bonds. The monoisotopic (exact) mass is 336 g/mol. The van der Waals surface area contributed by atoms with Crippen LogP contribution in [0.15, 0.2) is 10.5 Å². The molecule has 0 spiro atoms. The van der Waals surface area contributed by atoms with E-state index in [0.717, 1.165) is 37.9 Å². The molecule has 0 aliphatic rings. The van der Waals surface area contributed by atoms with E-state index in [4.69, 9.17) is 4.42 Å². The molecule has 5 heteroatoms. The first-order chi connectivity index (χ1) is 11.5. The lowest BCUT2D eigenvalue weighted by molar-refractivity contribution is -0.121. The molecule has 1 N–H and O–H groups in total. The molecule has 1 heterocycles. The standard InChI is InChI=1S/C19H32N2O3/c1-5-7-9-12-21(13-10-18(22)20-11-8-6-2)19(23)17-14-15(3)24-16(17)4/h14H,5-13H2,1-4H3,(H,20,22). The van der Waals surface area contributed by atoms with Crippen LogP contribution in [0.4, 0.5) is 0 Å². The van der Waals surface area contributed by atoms with Crippen LogP contribution in [0, 0.1) is 13.8 Å². The Morgan fingerprint density at radius 3 is 2.38 bits per heavy atom. The maximum atomic E-state index is 12.8. The van der Waals surface area contributed by atoms with Crippen molar-refractivity contribution >= 4 is 11.8 Å². The second-order valence-corrected chi connectivity index (χ2v) is 6.28. The number of furan rings is 1. The number of unbranched alkanes of at least 4 members (excludes halogenated alkanes) is 3. The summed E-state index contributed by atoms with van der Waals surface area (Å²) in [5.74, 6) is 1.35. The van der Waals surface area contributed by atoms with Gasteiger partial charge in [-0.15, -0.1) is 0 Å². The number of nitrogens with zero attached hydrogens (tertiary/aromatic N) is 1. The summed E-state index contributed by atoms with van der Waals surface area (Å²) < 4.78 is 5.48.